The van der Waals surface area contributed by atoms with Crippen LogP contribution in [0.5, 0.6) is 0 Å². The first-order valence-corrected chi connectivity index (χ1v) is 9.55. The molecule has 1 fully saturated rings. The Labute approximate surface area is 144 Å². The van der Waals surface area contributed by atoms with E-state index < -0.39 is 21.8 Å². The van der Waals surface area contributed by atoms with Crippen molar-refractivity contribution >= 4 is 27.3 Å². The van der Waals surface area contributed by atoms with E-state index in [0.29, 0.717) is 6.54 Å². The molecule has 1 heterocycles. The quantitative estimate of drug-likeness (QED) is 0.720. The van der Waals surface area contributed by atoms with Gasteiger partial charge >= 0.3 is 0 Å². The predicted molar refractivity (Wildman–Crippen MR) is 89.3 cm³/mol. The van der Waals surface area contributed by atoms with Gasteiger partial charge in [-0.15, -0.1) is 0 Å². The largest absolute Gasteiger partial charge is 0.423 e. The van der Waals surface area contributed by atoms with Crippen LogP contribution in [0.15, 0.2) is 16.5 Å². The van der Waals surface area contributed by atoms with E-state index in [1.807, 2.05) is 0 Å². The molecule has 0 spiro atoms. The fourth-order valence-corrected chi connectivity index (χ4v) is 3.57. The first-order chi connectivity index (χ1) is 11.9. The van der Waals surface area contributed by atoms with Crippen LogP contribution in [0.2, 0.25) is 0 Å². The lowest BCUT2D eigenvalue weighted by atomic mass is 9.86. The predicted octanol–water partition coefficient (Wildman–Crippen LogP) is 2.13. The van der Waals surface area contributed by atoms with Crippen molar-refractivity contribution in [1.82, 2.24) is 14.4 Å². The fourth-order valence-electron chi connectivity index (χ4n) is 2.97. The molecule has 0 amide bonds. The number of oxazole rings is 1. The summed E-state index contributed by atoms with van der Waals surface area (Å²) >= 11 is 0. The summed E-state index contributed by atoms with van der Waals surface area (Å²) in [5.41, 5.74) is 0.452. The van der Waals surface area contributed by atoms with Crippen molar-refractivity contribution in [2.75, 3.05) is 18.9 Å². The molecule has 10 heteroatoms. The number of hydrogen-bond donors (Lipinski definition) is 3. The number of halogens is 2. The zero-order valence-electron chi connectivity index (χ0n) is 13.7. The van der Waals surface area contributed by atoms with E-state index in [1.165, 1.54) is 7.05 Å². The number of benzene rings is 1. The number of aromatic nitrogens is 1. The highest BCUT2D eigenvalue weighted by Crippen LogP contribution is 2.28. The Morgan fingerprint density at radius 1 is 1.20 bits per heavy atom. The van der Waals surface area contributed by atoms with Gasteiger partial charge in [0.05, 0.1) is 0 Å². The van der Waals surface area contributed by atoms with Gasteiger partial charge in [0.15, 0.2) is 17.2 Å². The maximum atomic E-state index is 13.2. The van der Waals surface area contributed by atoms with Crippen LogP contribution in [0.25, 0.3) is 11.1 Å². The molecule has 7 nitrogen and oxygen atoms in total. The second-order valence-electron chi connectivity index (χ2n) is 6.17. The number of nitrogens with one attached hydrogen (secondary N) is 3. The molecule has 1 aromatic heterocycles. The minimum absolute atomic E-state index is 0.125. The van der Waals surface area contributed by atoms with Crippen LogP contribution in [-0.2, 0) is 10.2 Å². The molecule has 0 aliphatic heterocycles. The molecular formula is C15H20F2N4O3S. The van der Waals surface area contributed by atoms with Gasteiger partial charge in [0, 0.05) is 31.8 Å². The summed E-state index contributed by atoms with van der Waals surface area (Å²) in [5.74, 6) is -1.66. The maximum Gasteiger partial charge on any atom is 0.295 e. The second kappa shape index (κ2) is 7.22. The van der Waals surface area contributed by atoms with E-state index in [4.69, 9.17) is 4.42 Å². The van der Waals surface area contributed by atoms with Crippen LogP contribution < -0.4 is 14.8 Å². The van der Waals surface area contributed by atoms with Crippen molar-refractivity contribution < 1.29 is 21.6 Å². The van der Waals surface area contributed by atoms with E-state index in [1.54, 1.807) is 0 Å². The highest BCUT2D eigenvalue weighted by atomic mass is 32.2. The SMILES string of the molecule is CNS(=O)(=O)NCC1CCC(Nc2nc3cc(F)c(F)cc3o2)CC1. The lowest BCUT2D eigenvalue weighted by molar-refractivity contribution is 0.334. The molecule has 0 bridgehead atoms. The molecule has 138 valence electrons. The average molecular weight is 374 g/mol. The molecular weight excluding hydrogens is 354 g/mol. The molecule has 0 unspecified atom stereocenters. The highest BCUT2D eigenvalue weighted by Gasteiger charge is 2.23. The minimum Gasteiger partial charge on any atom is -0.423 e. The van der Waals surface area contributed by atoms with Gasteiger partial charge in [0.2, 0.25) is 0 Å². The minimum atomic E-state index is -3.40. The average Bonchev–Trinajstić information content (AvgIpc) is 2.96. The molecule has 3 N–H and O–H groups in total. The lowest BCUT2D eigenvalue weighted by Gasteiger charge is -2.28. The summed E-state index contributed by atoms with van der Waals surface area (Å²) in [5, 5.41) is 3.14. The van der Waals surface area contributed by atoms with Crippen LogP contribution in [0.3, 0.4) is 0 Å². The van der Waals surface area contributed by atoms with Gasteiger partial charge in [0.25, 0.3) is 16.2 Å². The summed E-state index contributed by atoms with van der Waals surface area (Å²) in [4.78, 5) is 4.12. The molecule has 1 aliphatic carbocycles. The smallest absolute Gasteiger partial charge is 0.295 e. The maximum absolute atomic E-state index is 13.2. The molecule has 0 atom stereocenters. The summed E-state index contributed by atoms with van der Waals surface area (Å²) in [6.07, 6.45) is 3.36. The Kier molecular flexibility index (Phi) is 5.21. The van der Waals surface area contributed by atoms with Gasteiger partial charge in [-0.25, -0.2) is 18.2 Å². The van der Waals surface area contributed by atoms with Crippen molar-refractivity contribution in [3.63, 3.8) is 0 Å². The second-order valence-corrected chi connectivity index (χ2v) is 7.87. The highest BCUT2D eigenvalue weighted by molar-refractivity contribution is 7.87. The monoisotopic (exact) mass is 374 g/mol. The lowest BCUT2D eigenvalue weighted by Crippen LogP contribution is -2.38. The van der Waals surface area contributed by atoms with Gasteiger partial charge in [-0.05, 0) is 31.6 Å². The standard InChI is InChI=1S/C15H20F2N4O3S/c1-18-25(22,23)19-8-9-2-4-10(5-3-9)20-15-21-13-6-11(16)12(17)7-14(13)24-15/h6-7,9-10,18-19H,2-5,8H2,1H3,(H,20,21). The van der Waals surface area contributed by atoms with Gasteiger partial charge < -0.3 is 9.73 Å². The number of rotatable bonds is 6. The first kappa shape index (κ1) is 18.0. The first-order valence-electron chi connectivity index (χ1n) is 8.06. The number of nitrogens with zero attached hydrogens (tertiary/aromatic N) is 1. The summed E-state index contributed by atoms with van der Waals surface area (Å²) < 4.78 is 59.3. The molecule has 0 saturated heterocycles. The molecule has 2 aromatic rings. The van der Waals surface area contributed by atoms with E-state index in [-0.39, 0.29) is 29.1 Å². The van der Waals surface area contributed by atoms with Crippen molar-refractivity contribution in [3.8, 4) is 0 Å². The van der Waals surface area contributed by atoms with Crippen molar-refractivity contribution in [1.29, 1.82) is 0 Å². The Balaban J connectivity index is 1.54. The zero-order chi connectivity index (χ0) is 18.0. The molecule has 25 heavy (non-hydrogen) atoms. The molecule has 1 aromatic carbocycles. The van der Waals surface area contributed by atoms with Gasteiger partial charge in [0.1, 0.15) is 5.52 Å². The third kappa shape index (κ3) is 4.44. The zero-order valence-corrected chi connectivity index (χ0v) is 14.5. The van der Waals surface area contributed by atoms with Crippen LogP contribution in [-0.4, -0.2) is 33.0 Å². The molecule has 1 saturated carbocycles. The molecule has 1 aliphatic rings. The van der Waals surface area contributed by atoms with Crippen molar-refractivity contribution in [3.05, 3.63) is 23.8 Å². The number of hydrogen-bond acceptors (Lipinski definition) is 5. The van der Waals surface area contributed by atoms with Crippen LogP contribution in [0.1, 0.15) is 25.7 Å². The number of anilines is 1. The van der Waals surface area contributed by atoms with E-state index in [9.17, 15) is 17.2 Å². The van der Waals surface area contributed by atoms with Gasteiger partial charge in [-0.1, -0.05) is 0 Å². The third-order valence-electron chi connectivity index (χ3n) is 4.44. The summed E-state index contributed by atoms with van der Waals surface area (Å²) in [6, 6.07) is 2.34. The third-order valence-corrected chi connectivity index (χ3v) is 5.52. The Morgan fingerprint density at radius 2 is 1.88 bits per heavy atom. The van der Waals surface area contributed by atoms with Crippen molar-refractivity contribution in [2.24, 2.45) is 5.92 Å². The Morgan fingerprint density at radius 3 is 2.56 bits per heavy atom. The topological polar surface area (TPSA) is 96.3 Å². The Bertz CT molecular complexity index is 809. The fraction of sp³-hybridized carbons (Fsp3) is 0.533. The van der Waals surface area contributed by atoms with Gasteiger partial charge in [-0.3, -0.25) is 0 Å². The van der Waals surface area contributed by atoms with Crippen LogP contribution in [0, 0.1) is 17.6 Å². The van der Waals surface area contributed by atoms with Crippen LogP contribution >= 0.6 is 0 Å². The Hall–Kier alpha value is -1.78. The summed E-state index contributed by atoms with van der Waals surface area (Å²) in [6.45, 7) is 0.400. The summed E-state index contributed by atoms with van der Waals surface area (Å²) in [7, 11) is -2.04. The van der Waals surface area contributed by atoms with Crippen LogP contribution in [0.4, 0.5) is 14.8 Å². The van der Waals surface area contributed by atoms with Crippen molar-refractivity contribution in [2.45, 2.75) is 31.7 Å². The number of fused-ring (bicyclic) bond motifs is 1. The van der Waals surface area contributed by atoms with E-state index in [2.05, 4.69) is 19.7 Å². The molecule has 0 radical (unpaired) electrons. The van der Waals surface area contributed by atoms with E-state index in [0.717, 1.165) is 37.8 Å². The van der Waals surface area contributed by atoms with E-state index >= 15 is 0 Å². The van der Waals surface area contributed by atoms with Gasteiger partial charge in [-0.2, -0.15) is 13.4 Å². The molecule has 3 rings (SSSR count). The normalized spacial score (nSPS) is 21.6.